The molecule has 0 unspecified atom stereocenters. The molecule has 0 aliphatic carbocycles. The Bertz CT molecular complexity index is 939. The van der Waals surface area contributed by atoms with Crippen molar-refractivity contribution in [2.75, 3.05) is 11.9 Å². The van der Waals surface area contributed by atoms with Crippen LogP contribution in [0.15, 0.2) is 43.1 Å². The molecule has 136 valence electrons. The normalized spacial score (nSPS) is 17.0. The van der Waals surface area contributed by atoms with Gasteiger partial charge in [-0.25, -0.2) is 15.0 Å². The van der Waals surface area contributed by atoms with Gasteiger partial charge in [-0.2, -0.15) is 5.26 Å². The van der Waals surface area contributed by atoms with Crippen LogP contribution in [0.4, 0.5) is 11.5 Å². The lowest BCUT2D eigenvalue weighted by molar-refractivity contribution is 0.235. The van der Waals surface area contributed by atoms with Gasteiger partial charge in [0.05, 0.1) is 42.6 Å². The summed E-state index contributed by atoms with van der Waals surface area (Å²) < 4.78 is 2.06. The van der Waals surface area contributed by atoms with E-state index < -0.39 is 0 Å². The quantitative estimate of drug-likeness (QED) is 0.747. The van der Waals surface area contributed by atoms with E-state index in [9.17, 15) is 0 Å². The van der Waals surface area contributed by atoms with E-state index >= 15 is 0 Å². The number of aromatic nitrogens is 5. The van der Waals surface area contributed by atoms with Gasteiger partial charge in [0.1, 0.15) is 23.4 Å². The van der Waals surface area contributed by atoms with E-state index in [0.29, 0.717) is 11.5 Å². The molecule has 0 aromatic carbocycles. The molecule has 1 atom stereocenters. The van der Waals surface area contributed by atoms with Gasteiger partial charge in [0.2, 0.25) is 0 Å². The van der Waals surface area contributed by atoms with Crippen LogP contribution >= 0.6 is 0 Å². The van der Waals surface area contributed by atoms with Gasteiger partial charge in [-0.15, -0.1) is 0 Å². The minimum absolute atomic E-state index is 0.264. The topological polar surface area (TPSA) is 95.6 Å². The number of aryl methyl sites for hydroxylation is 1. The number of likely N-dealkylation sites (tertiary alicyclic amines) is 1. The Labute approximate surface area is 157 Å². The molecule has 0 amide bonds. The highest BCUT2D eigenvalue weighted by molar-refractivity contribution is 5.54. The molecule has 1 aliphatic heterocycles. The zero-order valence-electron chi connectivity index (χ0n) is 15.1. The summed E-state index contributed by atoms with van der Waals surface area (Å²) >= 11 is 0. The number of anilines is 2. The van der Waals surface area contributed by atoms with Crippen LogP contribution in [0.25, 0.3) is 0 Å². The predicted octanol–water partition coefficient (Wildman–Crippen LogP) is 2.56. The molecular formula is C19H20N8. The Morgan fingerprint density at radius 3 is 2.78 bits per heavy atom. The zero-order chi connectivity index (χ0) is 18.6. The molecule has 3 aromatic heterocycles. The standard InChI is InChI=1S/C19H20N8/c1-26-8-6-21-19(26)13-27-7-2-3-17(27)16-11-24-18(12-23-16)25-15-5-4-14(9-20)22-10-15/h4-6,8,10-12,17H,2-3,7,13H2,1H3,(H,24,25)/t17-/m0/s1. The Kier molecular flexibility index (Phi) is 4.77. The largest absolute Gasteiger partial charge is 0.338 e. The minimum Gasteiger partial charge on any atom is -0.338 e. The Balaban J connectivity index is 1.44. The van der Waals surface area contributed by atoms with Gasteiger partial charge in [-0.05, 0) is 31.5 Å². The molecule has 1 N–H and O–H groups in total. The van der Waals surface area contributed by atoms with E-state index in [1.807, 2.05) is 31.7 Å². The van der Waals surface area contributed by atoms with E-state index in [1.54, 1.807) is 24.5 Å². The van der Waals surface area contributed by atoms with Crippen molar-refractivity contribution in [3.05, 3.63) is 60.3 Å². The average Bonchev–Trinajstić information content (AvgIpc) is 3.33. The molecule has 0 saturated carbocycles. The highest BCUT2D eigenvalue weighted by atomic mass is 15.2. The van der Waals surface area contributed by atoms with Crippen molar-refractivity contribution in [2.24, 2.45) is 7.05 Å². The third kappa shape index (κ3) is 3.78. The van der Waals surface area contributed by atoms with E-state index in [0.717, 1.165) is 43.1 Å². The molecule has 1 aliphatic rings. The molecule has 8 nitrogen and oxygen atoms in total. The molecule has 0 bridgehead atoms. The van der Waals surface area contributed by atoms with Crippen LogP contribution in [-0.4, -0.2) is 35.9 Å². The van der Waals surface area contributed by atoms with Gasteiger partial charge in [-0.1, -0.05) is 0 Å². The van der Waals surface area contributed by atoms with Gasteiger partial charge in [0.25, 0.3) is 0 Å². The zero-order valence-corrected chi connectivity index (χ0v) is 15.1. The van der Waals surface area contributed by atoms with Crippen LogP contribution in [0.1, 0.15) is 36.1 Å². The first-order valence-corrected chi connectivity index (χ1v) is 8.88. The number of rotatable bonds is 5. The van der Waals surface area contributed by atoms with Crippen LogP contribution in [0.2, 0.25) is 0 Å². The highest BCUT2D eigenvalue weighted by Gasteiger charge is 2.28. The van der Waals surface area contributed by atoms with Crippen molar-refractivity contribution in [1.82, 2.24) is 29.4 Å². The molecule has 1 fully saturated rings. The molecule has 27 heavy (non-hydrogen) atoms. The molecular weight excluding hydrogens is 340 g/mol. The second kappa shape index (κ2) is 7.51. The van der Waals surface area contributed by atoms with Gasteiger partial charge >= 0.3 is 0 Å². The number of nitrogens with one attached hydrogen (secondary N) is 1. The maximum atomic E-state index is 8.81. The summed E-state index contributed by atoms with van der Waals surface area (Å²) in [5.74, 6) is 1.71. The van der Waals surface area contributed by atoms with Gasteiger partial charge in [0.15, 0.2) is 0 Å². The summed E-state index contributed by atoms with van der Waals surface area (Å²) in [7, 11) is 2.02. The SMILES string of the molecule is Cn1ccnc1CN1CCC[C@H]1c1cnc(Nc2ccc(C#N)nc2)cn1. The molecule has 0 radical (unpaired) electrons. The monoisotopic (exact) mass is 360 g/mol. The second-order valence-electron chi connectivity index (χ2n) is 6.58. The third-order valence-corrected chi connectivity index (χ3v) is 4.79. The van der Waals surface area contributed by atoms with Crippen molar-refractivity contribution in [2.45, 2.75) is 25.4 Å². The first-order valence-electron chi connectivity index (χ1n) is 8.88. The van der Waals surface area contributed by atoms with Crippen molar-refractivity contribution >= 4 is 11.5 Å². The van der Waals surface area contributed by atoms with Gasteiger partial charge in [-0.3, -0.25) is 9.88 Å². The first kappa shape index (κ1) is 17.1. The Hall–Kier alpha value is -3.31. The fourth-order valence-corrected chi connectivity index (χ4v) is 3.34. The van der Waals surface area contributed by atoms with Crippen LogP contribution in [0, 0.1) is 11.3 Å². The maximum absolute atomic E-state index is 8.81. The number of nitrogens with zero attached hydrogens (tertiary/aromatic N) is 7. The summed E-state index contributed by atoms with van der Waals surface area (Å²) in [6.45, 7) is 1.85. The van der Waals surface area contributed by atoms with Crippen LogP contribution < -0.4 is 5.32 Å². The Morgan fingerprint density at radius 1 is 1.19 bits per heavy atom. The summed E-state index contributed by atoms with van der Waals surface area (Å²) in [5.41, 5.74) is 2.13. The van der Waals surface area contributed by atoms with E-state index in [2.05, 4.69) is 34.7 Å². The Morgan fingerprint density at radius 2 is 2.11 bits per heavy atom. The van der Waals surface area contributed by atoms with E-state index in [4.69, 9.17) is 5.26 Å². The maximum Gasteiger partial charge on any atom is 0.148 e. The summed E-state index contributed by atoms with van der Waals surface area (Å²) in [6.07, 6.45) is 11.2. The molecule has 3 aromatic rings. The number of hydrogen-bond acceptors (Lipinski definition) is 7. The van der Waals surface area contributed by atoms with Crippen LogP contribution in [-0.2, 0) is 13.6 Å². The number of nitriles is 1. The number of pyridine rings is 1. The minimum atomic E-state index is 0.264. The molecule has 0 spiro atoms. The molecule has 8 heteroatoms. The predicted molar refractivity (Wildman–Crippen MR) is 99.9 cm³/mol. The smallest absolute Gasteiger partial charge is 0.148 e. The van der Waals surface area contributed by atoms with Crippen molar-refractivity contribution in [1.29, 1.82) is 5.26 Å². The lowest BCUT2D eigenvalue weighted by Crippen LogP contribution is -2.25. The average molecular weight is 360 g/mol. The summed E-state index contributed by atoms with van der Waals surface area (Å²) in [5, 5.41) is 12.0. The molecule has 1 saturated heterocycles. The molecule has 4 rings (SSSR count). The van der Waals surface area contributed by atoms with E-state index in [-0.39, 0.29) is 6.04 Å². The van der Waals surface area contributed by atoms with Gasteiger partial charge < -0.3 is 9.88 Å². The highest BCUT2D eigenvalue weighted by Crippen LogP contribution is 2.31. The van der Waals surface area contributed by atoms with Crippen LogP contribution in [0.5, 0.6) is 0 Å². The number of hydrogen-bond donors (Lipinski definition) is 1. The van der Waals surface area contributed by atoms with Crippen LogP contribution in [0.3, 0.4) is 0 Å². The lowest BCUT2D eigenvalue weighted by atomic mass is 10.1. The van der Waals surface area contributed by atoms with Gasteiger partial charge in [0, 0.05) is 19.4 Å². The van der Waals surface area contributed by atoms with E-state index in [1.165, 1.54) is 0 Å². The fourth-order valence-electron chi connectivity index (χ4n) is 3.34. The third-order valence-electron chi connectivity index (χ3n) is 4.79. The van der Waals surface area contributed by atoms with Crippen molar-refractivity contribution in [3.8, 4) is 6.07 Å². The summed E-state index contributed by atoms with van der Waals surface area (Å²) in [6, 6.07) is 5.73. The fraction of sp³-hybridized carbons (Fsp3) is 0.316. The first-order chi connectivity index (χ1) is 13.2. The number of imidazole rings is 1. The molecule has 4 heterocycles. The van der Waals surface area contributed by atoms with Crippen molar-refractivity contribution in [3.63, 3.8) is 0 Å². The second-order valence-corrected chi connectivity index (χ2v) is 6.58. The lowest BCUT2D eigenvalue weighted by Gasteiger charge is -2.23. The summed E-state index contributed by atoms with van der Waals surface area (Å²) in [4.78, 5) is 20.0. The van der Waals surface area contributed by atoms with Crippen molar-refractivity contribution < 1.29 is 0 Å².